The fourth-order valence-electron chi connectivity index (χ4n) is 1.80. The van der Waals surface area contributed by atoms with Gasteiger partial charge in [-0.15, -0.1) is 0 Å². The molecule has 100 valence electrons. The molecule has 3 nitrogen and oxygen atoms in total. The van der Waals surface area contributed by atoms with Crippen molar-refractivity contribution in [1.82, 2.24) is 0 Å². The highest BCUT2D eigenvalue weighted by Crippen LogP contribution is 2.29. The van der Waals surface area contributed by atoms with Crippen LogP contribution in [0.5, 0.6) is 11.5 Å². The first-order valence-electron chi connectivity index (χ1n) is 6.03. The topological polar surface area (TPSA) is 55.5 Å². The van der Waals surface area contributed by atoms with Crippen LogP contribution in [0.3, 0.4) is 0 Å². The third-order valence-electron chi connectivity index (χ3n) is 2.77. The first kappa shape index (κ1) is 13.5. The predicted molar refractivity (Wildman–Crippen MR) is 71.4 cm³/mol. The van der Waals surface area contributed by atoms with Gasteiger partial charge in [0.05, 0.1) is 6.61 Å². The maximum Gasteiger partial charge on any atom is 0.132 e. The van der Waals surface area contributed by atoms with Gasteiger partial charge in [0.25, 0.3) is 0 Å². The minimum atomic E-state index is -0.344. The monoisotopic (exact) mass is 261 g/mol. The Kier molecular flexibility index (Phi) is 4.14. The molecule has 4 heteroatoms. The van der Waals surface area contributed by atoms with E-state index in [0.717, 1.165) is 5.56 Å². The summed E-state index contributed by atoms with van der Waals surface area (Å²) in [5.41, 5.74) is 7.16. The van der Waals surface area contributed by atoms with E-state index in [2.05, 4.69) is 0 Å². The lowest BCUT2D eigenvalue weighted by atomic mass is 10.1. The minimum absolute atomic E-state index is 0.0548. The van der Waals surface area contributed by atoms with Gasteiger partial charge in [-0.1, -0.05) is 12.1 Å². The van der Waals surface area contributed by atoms with Crippen molar-refractivity contribution < 1.29 is 14.2 Å². The Hall–Kier alpha value is -1.91. The SMILES string of the molecule is C[C@@H](N)c1cc(F)ccc1Oc1cccc(CO)c1. The van der Waals surface area contributed by atoms with Crippen LogP contribution in [0, 0.1) is 5.82 Å². The lowest BCUT2D eigenvalue weighted by Gasteiger charge is -2.14. The van der Waals surface area contributed by atoms with Crippen molar-refractivity contribution in [2.45, 2.75) is 19.6 Å². The normalized spacial score (nSPS) is 12.2. The summed E-state index contributed by atoms with van der Waals surface area (Å²) in [6, 6.07) is 11.0. The minimum Gasteiger partial charge on any atom is -0.457 e. The van der Waals surface area contributed by atoms with Gasteiger partial charge in [-0.25, -0.2) is 4.39 Å². The molecule has 0 fully saturated rings. The molecule has 2 rings (SSSR count). The summed E-state index contributed by atoms with van der Waals surface area (Å²) in [6.45, 7) is 1.71. The Morgan fingerprint density at radius 1 is 1.26 bits per heavy atom. The summed E-state index contributed by atoms with van der Waals surface area (Å²) in [7, 11) is 0. The van der Waals surface area contributed by atoms with E-state index >= 15 is 0 Å². The van der Waals surface area contributed by atoms with Gasteiger partial charge < -0.3 is 15.6 Å². The van der Waals surface area contributed by atoms with Gasteiger partial charge in [-0.2, -0.15) is 0 Å². The third-order valence-corrected chi connectivity index (χ3v) is 2.77. The van der Waals surface area contributed by atoms with Gasteiger partial charge in [-0.3, -0.25) is 0 Å². The van der Waals surface area contributed by atoms with Crippen molar-refractivity contribution >= 4 is 0 Å². The molecule has 0 unspecified atom stereocenters. The summed E-state index contributed by atoms with van der Waals surface area (Å²) in [5, 5.41) is 9.08. The first-order valence-corrected chi connectivity index (χ1v) is 6.03. The summed E-state index contributed by atoms with van der Waals surface area (Å²) >= 11 is 0. The van der Waals surface area contributed by atoms with E-state index in [1.54, 1.807) is 37.3 Å². The second-order valence-corrected chi connectivity index (χ2v) is 4.38. The number of halogens is 1. The van der Waals surface area contributed by atoms with Gasteiger partial charge in [0.2, 0.25) is 0 Å². The average molecular weight is 261 g/mol. The van der Waals surface area contributed by atoms with Crippen LogP contribution >= 0.6 is 0 Å². The highest BCUT2D eigenvalue weighted by Gasteiger charge is 2.10. The van der Waals surface area contributed by atoms with Gasteiger partial charge in [0.15, 0.2) is 0 Å². The number of rotatable bonds is 4. The molecular weight excluding hydrogens is 245 g/mol. The maximum atomic E-state index is 13.2. The maximum absolute atomic E-state index is 13.2. The molecular formula is C15H16FNO2. The standard InChI is InChI=1S/C15H16FNO2/c1-10(17)14-8-12(16)5-6-15(14)19-13-4-2-3-11(7-13)9-18/h2-8,10,18H,9,17H2,1H3/t10-/m1/s1. The second-order valence-electron chi connectivity index (χ2n) is 4.38. The van der Waals surface area contributed by atoms with Crippen molar-refractivity contribution in [2.24, 2.45) is 5.73 Å². The Balaban J connectivity index is 2.32. The number of ether oxygens (including phenoxy) is 1. The zero-order chi connectivity index (χ0) is 13.8. The number of aliphatic hydroxyl groups excluding tert-OH is 1. The third kappa shape index (κ3) is 3.30. The Morgan fingerprint density at radius 2 is 2.05 bits per heavy atom. The van der Waals surface area contributed by atoms with Crippen molar-refractivity contribution in [2.75, 3.05) is 0 Å². The highest BCUT2D eigenvalue weighted by atomic mass is 19.1. The number of nitrogens with two attached hydrogens (primary N) is 1. The highest BCUT2D eigenvalue weighted by molar-refractivity contribution is 5.40. The lowest BCUT2D eigenvalue weighted by Crippen LogP contribution is -2.07. The van der Waals surface area contributed by atoms with Crippen LogP contribution in [0.25, 0.3) is 0 Å². The molecule has 0 spiro atoms. The predicted octanol–water partition coefficient (Wildman–Crippen LogP) is 3.13. The number of aliphatic hydroxyl groups is 1. The quantitative estimate of drug-likeness (QED) is 0.889. The van der Waals surface area contributed by atoms with E-state index < -0.39 is 0 Å². The van der Waals surface area contributed by atoms with E-state index in [1.807, 2.05) is 0 Å². The Bertz CT molecular complexity index is 570. The largest absolute Gasteiger partial charge is 0.457 e. The molecule has 3 N–H and O–H groups in total. The van der Waals surface area contributed by atoms with Crippen LogP contribution in [0.4, 0.5) is 4.39 Å². The molecule has 2 aromatic carbocycles. The molecule has 0 aromatic heterocycles. The molecule has 1 atom stereocenters. The molecule has 0 aliphatic rings. The Labute approximate surface area is 111 Å². The number of hydrogen-bond donors (Lipinski definition) is 2. The first-order chi connectivity index (χ1) is 9.10. The lowest BCUT2D eigenvalue weighted by molar-refractivity contribution is 0.281. The van der Waals surface area contributed by atoms with Gasteiger partial charge >= 0.3 is 0 Å². The van der Waals surface area contributed by atoms with Crippen LogP contribution < -0.4 is 10.5 Å². The number of hydrogen-bond acceptors (Lipinski definition) is 3. The zero-order valence-corrected chi connectivity index (χ0v) is 10.6. The van der Waals surface area contributed by atoms with Gasteiger partial charge in [-0.05, 0) is 42.8 Å². The smallest absolute Gasteiger partial charge is 0.132 e. The van der Waals surface area contributed by atoms with Crippen LogP contribution in [0.15, 0.2) is 42.5 Å². The van der Waals surface area contributed by atoms with E-state index in [9.17, 15) is 4.39 Å². The fraction of sp³-hybridized carbons (Fsp3) is 0.200. The number of benzene rings is 2. The van der Waals surface area contributed by atoms with Crippen molar-refractivity contribution in [1.29, 1.82) is 0 Å². The van der Waals surface area contributed by atoms with E-state index in [0.29, 0.717) is 17.1 Å². The van der Waals surface area contributed by atoms with E-state index in [-0.39, 0.29) is 18.5 Å². The summed E-state index contributed by atoms with van der Waals surface area (Å²) in [5.74, 6) is 0.760. The second kappa shape index (κ2) is 5.82. The van der Waals surface area contributed by atoms with Crippen LogP contribution in [-0.2, 0) is 6.61 Å². The van der Waals surface area contributed by atoms with Crippen molar-refractivity contribution in [3.8, 4) is 11.5 Å². The fourth-order valence-corrected chi connectivity index (χ4v) is 1.80. The van der Waals surface area contributed by atoms with Crippen LogP contribution in [0.2, 0.25) is 0 Å². The van der Waals surface area contributed by atoms with Gasteiger partial charge in [0.1, 0.15) is 17.3 Å². The van der Waals surface area contributed by atoms with Crippen molar-refractivity contribution in [3.63, 3.8) is 0 Å². The van der Waals surface area contributed by atoms with Crippen LogP contribution in [0.1, 0.15) is 24.1 Å². The summed E-state index contributed by atoms with van der Waals surface area (Å²) in [4.78, 5) is 0. The van der Waals surface area contributed by atoms with E-state index in [4.69, 9.17) is 15.6 Å². The molecule has 0 aliphatic heterocycles. The molecule has 0 amide bonds. The molecule has 0 bridgehead atoms. The molecule has 2 aromatic rings. The average Bonchev–Trinajstić information content (AvgIpc) is 2.41. The molecule has 0 heterocycles. The van der Waals surface area contributed by atoms with Gasteiger partial charge in [0, 0.05) is 11.6 Å². The molecule has 0 saturated carbocycles. The Morgan fingerprint density at radius 3 is 2.74 bits per heavy atom. The summed E-state index contributed by atoms with van der Waals surface area (Å²) < 4.78 is 18.9. The summed E-state index contributed by atoms with van der Waals surface area (Å²) in [6.07, 6.45) is 0. The van der Waals surface area contributed by atoms with Crippen molar-refractivity contribution in [3.05, 3.63) is 59.4 Å². The molecule has 0 radical (unpaired) electrons. The molecule has 0 saturated heterocycles. The van der Waals surface area contributed by atoms with Crippen LogP contribution in [-0.4, -0.2) is 5.11 Å². The molecule has 19 heavy (non-hydrogen) atoms. The molecule has 0 aliphatic carbocycles. The zero-order valence-electron chi connectivity index (χ0n) is 10.6. The van der Waals surface area contributed by atoms with E-state index in [1.165, 1.54) is 12.1 Å².